The van der Waals surface area contributed by atoms with E-state index < -0.39 is 0 Å². The van der Waals surface area contributed by atoms with E-state index in [4.69, 9.17) is 4.42 Å². The van der Waals surface area contributed by atoms with Crippen molar-refractivity contribution in [3.63, 3.8) is 0 Å². The van der Waals surface area contributed by atoms with Crippen molar-refractivity contribution in [3.8, 4) is 22.3 Å². The van der Waals surface area contributed by atoms with Gasteiger partial charge in [0.05, 0.1) is 0 Å². The molecule has 1 nitrogen and oxygen atoms in total. The van der Waals surface area contributed by atoms with Crippen molar-refractivity contribution in [2.45, 2.75) is 34.6 Å². The van der Waals surface area contributed by atoms with E-state index in [9.17, 15) is 0 Å². The van der Waals surface area contributed by atoms with E-state index in [-0.39, 0.29) is 5.41 Å². The minimum Gasteiger partial charge on any atom is -0.456 e. The molecule has 0 N–H and O–H groups in total. The maximum atomic E-state index is 6.51. The fourth-order valence-electron chi connectivity index (χ4n) is 7.19. The van der Waals surface area contributed by atoms with Crippen LogP contribution in [0.4, 0.5) is 0 Å². The van der Waals surface area contributed by atoms with Crippen molar-refractivity contribution in [1.29, 1.82) is 0 Å². The molecule has 0 fully saturated rings. The van der Waals surface area contributed by atoms with Crippen LogP contribution < -0.4 is 0 Å². The fourth-order valence-corrected chi connectivity index (χ4v) is 7.19. The van der Waals surface area contributed by atoms with E-state index in [2.05, 4.69) is 180 Å². The Labute approximate surface area is 282 Å². The highest BCUT2D eigenvalue weighted by Gasteiger charge is 2.20. The number of hydrogen-bond donors (Lipinski definition) is 0. The largest absolute Gasteiger partial charge is 0.456 e. The zero-order valence-electron chi connectivity index (χ0n) is 28.3. The van der Waals surface area contributed by atoms with Crippen LogP contribution in [0, 0.1) is 11.3 Å². The molecule has 1 unspecified atom stereocenters. The summed E-state index contributed by atoms with van der Waals surface area (Å²) in [6, 6.07) is 46.2. The van der Waals surface area contributed by atoms with Crippen molar-refractivity contribution < 1.29 is 4.42 Å². The van der Waals surface area contributed by atoms with Crippen LogP contribution in [0.1, 0.15) is 40.2 Å². The molecule has 0 radical (unpaired) electrons. The molecule has 0 amide bonds. The number of allylic oxidation sites excluding steroid dienone is 4. The summed E-state index contributed by atoms with van der Waals surface area (Å²) in [6.07, 6.45) is 6.96. The number of fused-ring (bicyclic) bond motifs is 6. The molecule has 8 rings (SSSR count). The smallest absolute Gasteiger partial charge is 0.136 e. The second-order valence-electron chi connectivity index (χ2n) is 14.1. The van der Waals surface area contributed by atoms with Crippen LogP contribution in [0.25, 0.3) is 82.1 Å². The topological polar surface area (TPSA) is 13.1 Å². The van der Waals surface area contributed by atoms with Crippen LogP contribution in [0.5, 0.6) is 0 Å². The fraction of sp³-hybridized carbons (Fsp3) is 0.149. The van der Waals surface area contributed by atoms with E-state index in [0.717, 1.165) is 27.5 Å². The van der Waals surface area contributed by atoms with E-state index in [1.807, 2.05) is 0 Å². The Morgan fingerprint density at radius 2 is 1.21 bits per heavy atom. The molecule has 1 aromatic heterocycles. The Balaban J connectivity index is 1.31. The first-order valence-electron chi connectivity index (χ1n) is 17.0. The summed E-state index contributed by atoms with van der Waals surface area (Å²) >= 11 is 0. The number of furan rings is 1. The molecule has 48 heavy (non-hydrogen) atoms. The Hall–Kier alpha value is -5.40. The molecule has 0 aliphatic carbocycles. The van der Waals surface area contributed by atoms with Gasteiger partial charge in [-0.2, -0.15) is 0 Å². The van der Waals surface area contributed by atoms with Crippen molar-refractivity contribution in [2.24, 2.45) is 11.3 Å². The predicted molar refractivity (Wildman–Crippen MR) is 209 cm³/mol. The summed E-state index contributed by atoms with van der Waals surface area (Å²) in [5.74, 6) is 0.448. The van der Waals surface area contributed by atoms with Crippen LogP contribution in [0.2, 0.25) is 0 Å². The molecule has 0 bridgehead atoms. The van der Waals surface area contributed by atoms with Gasteiger partial charge in [0, 0.05) is 10.8 Å². The molecule has 234 valence electrons. The summed E-state index contributed by atoms with van der Waals surface area (Å²) in [5.41, 5.74) is 9.40. The summed E-state index contributed by atoms with van der Waals surface area (Å²) in [5, 5.41) is 9.81. The summed E-state index contributed by atoms with van der Waals surface area (Å²) < 4.78 is 6.51. The van der Waals surface area contributed by atoms with Crippen molar-refractivity contribution in [2.75, 3.05) is 0 Å². The maximum absolute atomic E-state index is 6.51. The van der Waals surface area contributed by atoms with Gasteiger partial charge in [-0.15, -0.1) is 0 Å². The first-order chi connectivity index (χ1) is 23.3. The Bertz CT molecular complexity index is 2500. The first-order valence-corrected chi connectivity index (χ1v) is 17.0. The minimum absolute atomic E-state index is 0.205. The van der Waals surface area contributed by atoms with Crippen LogP contribution >= 0.6 is 0 Å². The van der Waals surface area contributed by atoms with Crippen LogP contribution in [0.15, 0.2) is 150 Å². The molecular formula is C47H40O. The molecule has 0 aliphatic heterocycles. The van der Waals surface area contributed by atoms with Gasteiger partial charge >= 0.3 is 0 Å². The predicted octanol–water partition coefficient (Wildman–Crippen LogP) is 14.0. The summed E-state index contributed by atoms with van der Waals surface area (Å²) in [7, 11) is 0. The lowest BCUT2D eigenvalue weighted by Gasteiger charge is -2.24. The normalized spacial score (nSPS) is 13.5. The van der Waals surface area contributed by atoms with Gasteiger partial charge in [-0.05, 0) is 108 Å². The second-order valence-corrected chi connectivity index (χ2v) is 14.1. The number of benzene rings is 7. The highest BCUT2D eigenvalue weighted by atomic mass is 16.3. The molecule has 0 spiro atoms. The van der Waals surface area contributed by atoms with Crippen molar-refractivity contribution in [1.82, 2.24) is 0 Å². The lowest BCUT2D eigenvalue weighted by atomic mass is 9.81. The Morgan fingerprint density at radius 1 is 0.583 bits per heavy atom. The average molecular weight is 621 g/mol. The van der Waals surface area contributed by atoms with Gasteiger partial charge in [-0.1, -0.05) is 149 Å². The quantitative estimate of drug-likeness (QED) is 0.138. The van der Waals surface area contributed by atoms with E-state index in [1.54, 1.807) is 0 Å². The third-order valence-corrected chi connectivity index (χ3v) is 10.3. The van der Waals surface area contributed by atoms with E-state index in [1.165, 1.54) is 60.1 Å². The molecule has 8 aromatic rings. The second kappa shape index (κ2) is 11.7. The zero-order chi connectivity index (χ0) is 33.0. The van der Waals surface area contributed by atoms with Crippen molar-refractivity contribution >= 4 is 59.8 Å². The van der Waals surface area contributed by atoms with Gasteiger partial charge in [0.2, 0.25) is 0 Å². The number of hydrogen-bond acceptors (Lipinski definition) is 1. The minimum atomic E-state index is 0.205. The first kappa shape index (κ1) is 30.0. The maximum Gasteiger partial charge on any atom is 0.136 e. The third kappa shape index (κ3) is 5.02. The molecule has 0 saturated carbocycles. The van der Waals surface area contributed by atoms with Gasteiger partial charge in [0.25, 0.3) is 0 Å². The van der Waals surface area contributed by atoms with Crippen LogP contribution in [0.3, 0.4) is 0 Å². The standard InChI is InChI=1S/C47H40O/c1-6-31(23-22-30(2)47(3,4)5)45-38-17-9-11-19-40(38)46(41-20-12-10-18-39(41)45)34-25-27-43-42(28-34)37-26-24-33(29-44(37)48-43)36-21-13-15-32-14-7-8-16-35(32)36/h6-30H,1-5H3/b23-22-,31-6+. The van der Waals surface area contributed by atoms with Crippen LogP contribution in [-0.2, 0) is 0 Å². The molecular weight excluding hydrogens is 581 g/mol. The SMILES string of the molecule is C/C=C(\C=C/C(C)C(C)(C)C)c1c2ccccc2c(-c2ccc3oc4cc(-c5cccc6ccccc56)ccc4c3c2)c2ccccc12. The zero-order valence-corrected chi connectivity index (χ0v) is 28.3. The highest BCUT2D eigenvalue weighted by molar-refractivity contribution is 6.20. The lowest BCUT2D eigenvalue weighted by molar-refractivity contribution is 0.314. The molecule has 7 aromatic carbocycles. The van der Waals surface area contributed by atoms with Crippen molar-refractivity contribution in [3.05, 3.63) is 151 Å². The molecule has 1 heteroatoms. The Morgan fingerprint density at radius 3 is 1.90 bits per heavy atom. The van der Waals surface area contributed by atoms with Gasteiger partial charge in [0.15, 0.2) is 0 Å². The monoisotopic (exact) mass is 620 g/mol. The van der Waals surface area contributed by atoms with Gasteiger partial charge in [-0.25, -0.2) is 0 Å². The summed E-state index contributed by atoms with van der Waals surface area (Å²) in [6.45, 7) is 11.4. The molecule has 0 saturated heterocycles. The lowest BCUT2D eigenvalue weighted by Crippen LogP contribution is -2.14. The molecule has 1 heterocycles. The molecule has 0 aliphatic rings. The van der Waals surface area contributed by atoms with E-state index in [0.29, 0.717) is 5.92 Å². The van der Waals surface area contributed by atoms with Gasteiger partial charge in [-0.3, -0.25) is 0 Å². The highest BCUT2D eigenvalue weighted by Crippen LogP contribution is 2.44. The average Bonchev–Trinajstić information content (AvgIpc) is 3.47. The van der Waals surface area contributed by atoms with Crippen LogP contribution in [-0.4, -0.2) is 0 Å². The van der Waals surface area contributed by atoms with Gasteiger partial charge < -0.3 is 4.42 Å². The summed E-state index contributed by atoms with van der Waals surface area (Å²) in [4.78, 5) is 0. The van der Waals surface area contributed by atoms with E-state index >= 15 is 0 Å². The Kier molecular flexibility index (Phi) is 7.30. The van der Waals surface area contributed by atoms with Gasteiger partial charge in [0.1, 0.15) is 11.2 Å². The number of rotatable bonds is 5. The third-order valence-electron chi connectivity index (χ3n) is 10.3. The molecule has 1 atom stereocenters.